The van der Waals surface area contributed by atoms with Crippen LogP contribution < -0.4 is 5.11 Å². The van der Waals surface area contributed by atoms with Gasteiger partial charge in [0.2, 0.25) is 0 Å². The summed E-state index contributed by atoms with van der Waals surface area (Å²) in [4.78, 5) is 15.5. The molecule has 0 saturated heterocycles. The summed E-state index contributed by atoms with van der Waals surface area (Å²) in [5.74, 6) is -1.19. The second-order valence-corrected chi connectivity index (χ2v) is 1.90. The maximum atomic E-state index is 9.45. The zero-order valence-electron chi connectivity index (χ0n) is 8.93. The first-order chi connectivity index (χ1) is 4.91. The number of carboxylic acid groups (broad SMARTS) is 1. The summed E-state index contributed by atoms with van der Waals surface area (Å²) in [7, 11) is 0. The van der Waals surface area contributed by atoms with Crippen molar-refractivity contribution >= 4 is 12.3 Å². The number of hydrogen-bond donors (Lipinski definition) is 2. The minimum atomic E-state index is -1.23. The molecule has 0 saturated carbocycles. The van der Waals surface area contributed by atoms with Crippen LogP contribution in [0.3, 0.4) is 0 Å². The van der Waals surface area contributed by atoms with Gasteiger partial charge < -0.3 is 29.9 Å². The molecule has 0 radical (unpaired) electrons. The molecule has 0 aromatic heterocycles. The quantitative estimate of drug-likeness (QED) is 0.267. The van der Waals surface area contributed by atoms with Crippen molar-refractivity contribution in [3.8, 4) is 0 Å². The summed E-state index contributed by atoms with van der Waals surface area (Å²) < 4.78 is 0. The Morgan fingerprint density at radius 2 is 1.43 bits per heavy atom. The molecule has 0 rings (SSSR count). The van der Waals surface area contributed by atoms with E-state index >= 15 is 0 Å². The number of carboxylic acids is 1. The molecule has 6 heteroatoms. The molecular formula is C8H19O5Ti+. The first-order valence-corrected chi connectivity index (χ1v) is 2.98. The number of hydrogen-bond acceptors (Lipinski definition) is 3. The third kappa shape index (κ3) is 41.0. The minimum absolute atomic E-state index is 0. The average molecular weight is 243 g/mol. The van der Waals surface area contributed by atoms with Crippen LogP contribution in [0.5, 0.6) is 0 Å². The van der Waals surface area contributed by atoms with Crippen LogP contribution in [0.4, 0.5) is 0 Å². The molecule has 0 heterocycles. The van der Waals surface area contributed by atoms with E-state index in [4.69, 9.17) is 19.8 Å². The van der Waals surface area contributed by atoms with Crippen LogP contribution in [-0.4, -0.2) is 44.3 Å². The zero-order chi connectivity index (χ0) is 9.44. The molecule has 2 atom stereocenters. The van der Waals surface area contributed by atoms with Crippen molar-refractivity contribution in [3.05, 3.63) is 14.9 Å². The molecule has 0 aliphatic rings. The van der Waals surface area contributed by atoms with E-state index in [2.05, 4.69) is 0 Å². The number of aliphatic hydroxyl groups is 2. The van der Waals surface area contributed by atoms with Gasteiger partial charge in [0.05, 0.1) is 0 Å². The normalized spacial score (nSPS) is 10.9. The molecular weight excluding hydrogens is 224 g/mol. The van der Waals surface area contributed by atoms with Crippen LogP contribution in [0.2, 0.25) is 0 Å². The number of aldehydes is 1. The number of aliphatic hydroxyl groups excluding tert-OH is 2. The molecule has 0 aliphatic heterocycles. The third-order valence-corrected chi connectivity index (χ3v) is 0.573. The smallest absolute Gasteiger partial charge is 0.479 e. The van der Waals surface area contributed by atoms with Crippen LogP contribution in [0.1, 0.15) is 13.8 Å². The Morgan fingerprint density at radius 3 is 1.43 bits per heavy atom. The van der Waals surface area contributed by atoms with Gasteiger partial charge in [-0.1, -0.05) is 0 Å². The maximum Gasteiger partial charge on any atom is 2.00 e. The molecule has 0 fully saturated rings. The third-order valence-electron chi connectivity index (χ3n) is 0.573. The molecule has 14 heavy (non-hydrogen) atoms. The van der Waals surface area contributed by atoms with Gasteiger partial charge in [0.15, 0.2) is 6.10 Å². The van der Waals surface area contributed by atoms with E-state index in [1.54, 1.807) is 0 Å². The summed E-state index contributed by atoms with van der Waals surface area (Å²) in [5.41, 5.74) is 0. The SMILES string of the molecule is CC(O)C([O-])=[OH+].CC(O)C=[OH+].[CH3-].[CH3-].[Ti+2]. The predicted octanol–water partition coefficient (Wildman–Crippen LogP) is -1.47. The molecule has 0 aromatic rings. The topological polar surface area (TPSA) is 106 Å². The van der Waals surface area contributed by atoms with Gasteiger partial charge in [0.1, 0.15) is 6.10 Å². The van der Waals surface area contributed by atoms with Crippen LogP contribution in [0, 0.1) is 14.9 Å². The maximum absolute atomic E-state index is 9.45. The second kappa shape index (κ2) is 18.5. The summed E-state index contributed by atoms with van der Waals surface area (Å²) in [6, 6.07) is 0. The van der Waals surface area contributed by atoms with Crippen molar-refractivity contribution < 1.29 is 46.6 Å². The molecule has 0 bridgehead atoms. The van der Waals surface area contributed by atoms with Crippen LogP contribution in [0.15, 0.2) is 0 Å². The number of aliphatic carboxylic acids is 1. The van der Waals surface area contributed by atoms with Crippen molar-refractivity contribution in [2.75, 3.05) is 0 Å². The molecule has 4 N–H and O–H groups in total. The number of rotatable bonds is 2. The van der Waals surface area contributed by atoms with Gasteiger partial charge in [-0.05, 0) is 13.8 Å². The van der Waals surface area contributed by atoms with Crippen molar-refractivity contribution in [2.24, 2.45) is 0 Å². The molecule has 0 spiro atoms. The van der Waals surface area contributed by atoms with Crippen molar-refractivity contribution in [1.29, 1.82) is 0 Å². The molecule has 2 unspecified atom stereocenters. The molecule has 0 aromatic carbocycles. The summed E-state index contributed by atoms with van der Waals surface area (Å²) in [6.07, 6.45) is -1.19. The Morgan fingerprint density at radius 1 is 1.29 bits per heavy atom. The first kappa shape index (κ1) is 29.2. The molecule has 0 aliphatic carbocycles. The van der Waals surface area contributed by atoms with Crippen LogP contribution in [0.25, 0.3) is 0 Å². The monoisotopic (exact) mass is 243 g/mol. The summed E-state index contributed by atoms with van der Waals surface area (Å²) >= 11 is 0. The van der Waals surface area contributed by atoms with E-state index in [-0.39, 0.29) is 36.6 Å². The Labute approximate surface area is 100 Å². The predicted molar refractivity (Wildman–Crippen MR) is 51.1 cm³/mol. The van der Waals surface area contributed by atoms with E-state index in [9.17, 15) is 5.11 Å². The minimum Gasteiger partial charge on any atom is -0.479 e. The first-order valence-electron chi connectivity index (χ1n) is 2.98. The average Bonchev–Trinajstić information content (AvgIpc) is 1.89. The Bertz CT molecular complexity index is 125. The van der Waals surface area contributed by atoms with Gasteiger partial charge in [0.25, 0.3) is 0 Å². The van der Waals surface area contributed by atoms with E-state index in [1.165, 1.54) is 13.8 Å². The summed E-state index contributed by atoms with van der Waals surface area (Å²) in [5, 5.41) is 25.5. The van der Waals surface area contributed by atoms with E-state index < -0.39 is 18.2 Å². The standard InChI is InChI=1S/C3H6O3.C3H6O2.2CH3.Ti/c1-2(4)3(5)6;1-3(5)2-4;;;/h2,4H,1H3,(H,5,6);2-3,5H,1H3;2*1H3;/q;;2*-1;+2/p+1. The second-order valence-electron chi connectivity index (χ2n) is 1.90. The van der Waals surface area contributed by atoms with Crippen molar-refractivity contribution in [2.45, 2.75) is 26.1 Å². The van der Waals surface area contributed by atoms with Gasteiger partial charge in [0, 0.05) is 0 Å². The van der Waals surface area contributed by atoms with Crippen LogP contribution in [-0.2, 0) is 21.7 Å². The Kier molecular flexibility index (Phi) is 38.7. The molecule has 5 nitrogen and oxygen atoms in total. The number of carbonyl (C=O) groups excluding carboxylic acids is 2. The molecule has 84 valence electrons. The Balaban J connectivity index is -0.0000000321. The van der Waals surface area contributed by atoms with Crippen molar-refractivity contribution in [1.82, 2.24) is 0 Å². The van der Waals surface area contributed by atoms with E-state index in [1.807, 2.05) is 0 Å². The largest absolute Gasteiger partial charge is 2.00 e. The van der Waals surface area contributed by atoms with Gasteiger partial charge in [-0.3, -0.25) is 4.79 Å². The van der Waals surface area contributed by atoms with Gasteiger partial charge in [-0.15, -0.1) is 0 Å². The fourth-order valence-corrected chi connectivity index (χ4v) is 0. The van der Waals surface area contributed by atoms with Gasteiger partial charge in [-0.25, -0.2) is 5.11 Å². The zero-order valence-corrected chi connectivity index (χ0v) is 10.5. The molecule has 0 amide bonds. The summed E-state index contributed by atoms with van der Waals surface area (Å²) in [6.45, 7) is 2.67. The Hall–Kier alpha value is -0.226. The van der Waals surface area contributed by atoms with Gasteiger partial charge in [-0.2, -0.15) is 0 Å². The van der Waals surface area contributed by atoms with E-state index in [0.717, 1.165) is 6.29 Å². The van der Waals surface area contributed by atoms with Crippen LogP contribution >= 0.6 is 0 Å². The fourth-order valence-electron chi connectivity index (χ4n) is 0. The fraction of sp³-hybridized carbons (Fsp3) is 0.500. The van der Waals surface area contributed by atoms with E-state index in [0.29, 0.717) is 0 Å². The van der Waals surface area contributed by atoms with Gasteiger partial charge >= 0.3 is 34.0 Å². The van der Waals surface area contributed by atoms with Crippen molar-refractivity contribution in [3.63, 3.8) is 0 Å².